The fraction of sp³-hybridized carbons (Fsp3) is 0.211. The summed E-state index contributed by atoms with van der Waals surface area (Å²) in [5, 5.41) is 5.47. The minimum atomic E-state index is -1.64. The number of carbonyl (C=O) groups excluding carboxylic acids is 2. The second-order valence-electron chi connectivity index (χ2n) is 6.47. The highest BCUT2D eigenvalue weighted by Gasteiger charge is 2.47. The number of carbonyl (C=O) groups is 2. The maximum atomic E-state index is 12.7. The largest absolute Gasteiger partial charge is 0.466 e. The van der Waals surface area contributed by atoms with E-state index in [2.05, 4.69) is 20.6 Å². The van der Waals surface area contributed by atoms with Gasteiger partial charge in [0.15, 0.2) is 0 Å². The predicted octanol–water partition coefficient (Wildman–Crippen LogP) is 2.28. The smallest absolute Gasteiger partial charge is 0.278 e. The Kier molecular flexibility index (Phi) is 3.64. The molecule has 0 saturated carbocycles. The van der Waals surface area contributed by atoms with Crippen molar-refractivity contribution in [1.29, 1.82) is 0 Å². The van der Waals surface area contributed by atoms with Crippen LogP contribution in [0.1, 0.15) is 18.3 Å². The minimum absolute atomic E-state index is 0.167. The number of nitrogens with one attached hydrogen (secondary N) is 3. The summed E-state index contributed by atoms with van der Waals surface area (Å²) < 4.78 is 5.74. The number of aromatic nitrogens is 2. The van der Waals surface area contributed by atoms with Crippen molar-refractivity contribution in [2.24, 2.45) is 0 Å². The van der Waals surface area contributed by atoms with Crippen LogP contribution in [0.15, 0.2) is 42.5 Å². The van der Waals surface area contributed by atoms with E-state index in [4.69, 9.17) is 4.74 Å². The molecule has 0 spiro atoms. The maximum Gasteiger partial charge on any atom is 0.278 e. The number of amides is 2. The van der Waals surface area contributed by atoms with Crippen LogP contribution in [0.25, 0.3) is 11.0 Å². The molecule has 4 rings (SSSR count). The van der Waals surface area contributed by atoms with E-state index in [1.807, 2.05) is 37.3 Å². The molecule has 1 aliphatic rings. The Labute approximate surface area is 149 Å². The Bertz CT molecular complexity index is 994. The Morgan fingerprint density at radius 1 is 1.27 bits per heavy atom. The van der Waals surface area contributed by atoms with Crippen LogP contribution in [-0.2, 0) is 16.1 Å². The highest BCUT2D eigenvalue weighted by Crippen LogP contribution is 2.34. The third kappa shape index (κ3) is 2.67. The molecule has 1 unspecified atom stereocenters. The number of hydrogen-bond donors (Lipinski definition) is 3. The molecule has 0 fully saturated rings. The van der Waals surface area contributed by atoms with Crippen LogP contribution in [0, 0.1) is 6.92 Å². The normalized spacial score (nSPS) is 18.8. The molecule has 2 amide bonds. The predicted molar refractivity (Wildman–Crippen MR) is 96.8 cm³/mol. The zero-order valence-electron chi connectivity index (χ0n) is 14.4. The van der Waals surface area contributed by atoms with Crippen LogP contribution in [0.4, 0.5) is 5.69 Å². The molecule has 0 radical (unpaired) electrons. The summed E-state index contributed by atoms with van der Waals surface area (Å²) in [7, 11) is 0. The fourth-order valence-electron chi connectivity index (χ4n) is 2.91. The van der Waals surface area contributed by atoms with Gasteiger partial charge in [-0.1, -0.05) is 18.2 Å². The van der Waals surface area contributed by atoms with E-state index in [1.165, 1.54) is 6.92 Å². The highest BCUT2D eigenvalue weighted by molar-refractivity contribution is 6.15. The van der Waals surface area contributed by atoms with Crippen molar-refractivity contribution in [3.8, 4) is 5.75 Å². The van der Waals surface area contributed by atoms with E-state index in [9.17, 15) is 9.59 Å². The first-order chi connectivity index (χ1) is 12.5. The molecule has 3 N–H and O–H groups in total. The molecule has 132 valence electrons. The van der Waals surface area contributed by atoms with Crippen LogP contribution in [0.3, 0.4) is 0 Å². The van der Waals surface area contributed by atoms with Gasteiger partial charge in [-0.05, 0) is 43.7 Å². The van der Waals surface area contributed by atoms with Crippen molar-refractivity contribution in [3.05, 3.63) is 53.9 Å². The van der Waals surface area contributed by atoms with Gasteiger partial charge in [-0.15, -0.1) is 0 Å². The van der Waals surface area contributed by atoms with Crippen molar-refractivity contribution < 1.29 is 14.3 Å². The van der Waals surface area contributed by atoms with Crippen molar-refractivity contribution in [3.63, 3.8) is 0 Å². The van der Waals surface area contributed by atoms with Crippen molar-refractivity contribution >= 4 is 28.5 Å². The second-order valence-corrected chi connectivity index (χ2v) is 6.47. The van der Waals surface area contributed by atoms with Gasteiger partial charge in [0, 0.05) is 0 Å². The van der Waals surface area contributed by atoms with Crippen molar-refractivity contribution in [2.45, 2.75) is 26.0 Å². The minimum Gasteiger partial charge on any atom is -0.466 e. The molecule has 3 aromatic rings. The van der Waals surface area contributed by atoms with E-state index < -0.39 is 17.4 Å². The van der Waals surface area contributed by atoms with Gasteiger partial charge in [0.2, 0.25) is 0 Å². The molecule has 7 nitrogen and oxygen atoms in total. The number of ether oxygens (including phenoxy) is 1. The number of benzene rings is 2. The Balaban J connectivity index is 1.51. The van der Waals surface area contributed by atoms with Gasteiger partial charge in [0.25, 0.3) is 17.4 Å². The number of nitrogens with zero attached hydrogens (tertiary/aromatic N) is 1. The number of hydrogen-bond acceptors (Lipinski definition) is 4. The zero-order chi connectivity index (χ0) is 18.3. The van der Waals surface area contributed by atoms with Gasteiger partial charge >= 0.3 is 0 Å². The molecule has 0 bridgehead atoms. The quantitative estimate of drug-likeness (QED) is 0.632. The second kappa shape index (κ2) is 5.87. The summed E-state index contributed by atoms with van der Waals surface area (Å²) in [4.78, 5) is 32.7. The van der Waals surface area contributed by atoms with Gasteiger partial charge in [-0.3, -0.25) is 9.59 Å². The molecular weight excluding hydrogens is 332 g/mol. The first kappa shape index (κ1) is 16.1. The summed E-state index contributed by atoms with van der Waals surface area (Å²) in [5.41, 5.74) is 1.62. The van der Waals surface area contributed by atoms with E-state index in [0.29, 0.717) is 17.3 Å². The number of aromatic amines is 1. The molecule has 2 heterocycles. The lowest BCUT2D eigenvalue weighted by Crippen LogP contribution is -2.58. The molecule has 26 heavy (non-hydrogen) atoms. The number of fused-ring (bicyclic) bond motifs is 2. The molecule has 1 aromatic heterocycles. The van der Waals surface area contributed by atoms with Crippen molar-refractivity contribution in [2.75, 3.05) is 5.32 Å². The molecular formula is C19H18N4O3. The summed E-state index contributed by atoms with van der Waals surface area (Å²) >= 11 is 0. The Hall–Kier alpha value is -3.35. The van der Waals surface area contributed by atoms with E-state index in [1.54, 1.807) is 12.1 Å². The average molecular weight is 350 g/mol. The summed E-state index contributed by atoms with van der Waals surface area (Å²) in [6, 6.07) is 13.0. The van der Waals surface area contributed by atoms with Crippen LogP contribution < -0.4 is 15.4 Å². The lowest BCUT2D eigenvalue weighted by molar-refractivity contribution is -0.146. The van der Waals surface area contributed by atoms with Crippen molar-refractivity contribution in [1.82, 2.24) is 15.3 Å². The maximum absolute atomic E-state index is 12.7. The van der Waals surface area contributed by atoms with Gasteiger partial charge in [-0.2, -0.15) is 0 Å². The van der Waals surface area contributed by atoms with E-state index in [0.717, 1.165) is 16.6 Å². The summed E-state index contributed by atoms with van der Waals surface area (Å²) in [6.07, 6.45) is 0. The third-order valence-corrected chi connectivity index (χ3v) is 4.42. The summed E-state index contributed by atoms with van der Waals surface area (Å²) in [5.74, 6) is 0.0476. The monoisotopic (exact) mass is 350 g/mol. The lowest BCUT2D eigenvalue weighted by atomic mass is 10.0. The average Bonchev–Trinajstić information content (AvgIpc) is 3.04. The summed E-state index contributed by atoms with van der Waals surface area (Å²) in [6.45, 7) is 3.54. The lowest BCUT2D eigenvalue weighted by Gasteiger charge is -2.33. The number of aryl methyl sites for hydroxylation is 1. The molecule has 0 aliphatic carbocycles. The Morgan fingerprint density at radius 2 is 2.08 bits per heavy atom. The standard InChI is InChI=1S/C19H18N4O3/c1-11-7-8-15-14(9-11)23-18(25)19(2,26-15)17(24)20-10-16-21-12-5-3-4-6-13(12)22-16/h3-9H,10H2,1-2H3,(H,20,24)(H,21,22)(H,23,25). The number of imidazole rings is 1. The topological polar surface area (TPSA) is 96.1 Å². The van der Waals surface area contributed by atoms with Gasteiger partial charge in [-0.25, -0.2) is 4.98 Å². The first-order valence-corrected chi connectivity index (χ1v) is 8.29. The number of rotatable bonds is 3. The molecule has 2 aromatic carbocycles. The van der Waals surface area contributed by atoms with Crippen LogP contribution in [0.2, 0.25) is 0 Å². The van der Waals surface area contributed by atoms with E-state index >= 15 is 0 Å². The molecule has 1 aliphatic heterocycles. The van der Waals surface area contributed by atoms with Gasteiger partial charge in [0.05, 0.1) is 23.3 Å². The SMILES string of the molecule is Cc1ccc2c(c1)NC(=O)C(C)(C(=O)NCc1nc3ccccc3[nH]1)O2. The third-order valence-electron chi connectivity index (χ3n) is 4.42. The van der Waals surface area contributed by atoms with Crippen LogP contribution in [0.5, 0.6) is 5.75 Å². The fourth-order valence-corrected chi connectivity index (χ4v) is 2.91. The van der Waals surface area contributed by atoms with Crippen LogP contribution >= 0.6 is 0 Å². The van der Waals surface area contributed by atoms with Crippen LogP contribution in [-0.4, -0.2) is 27.4 Å². The van der Waals surface area contributed by atoms with E-state index in [-0.39, 0.29) is 6.54 Å². The molecule has 7 heteroatoms. The highest BCUT2D eigenvalue weighted by atomic mass is 16.5. The number of anilines is 1. The number of H-pyrrole nitrogens is 1. The molecule has 0 saturated heterocycles. The van der Waals surface area contributed by atoms with Gasteiger partial charge < -0.3 is 20.4 Å². The number of para-hydroxylation sites is 2. The first-order valence-electron chi connectivity index (χ1n) is 8.29. The Morgan fingerprint density at radius 3 is 2.88 bits per heavy atom. The van der Waals surface area contributed by atoms with Gasteiger partial charge in [0.1, 0.15) is 11.6 Å². The molecule has 1 atom stereocenters. The zero-order valence-corrected chi connectivity index (χ0v) is 14.4.